The van der Waals surface area contributed by atoms with Crippen LogP contribution in [0, 0.1) is 0 Å². The minimum atomic E-state index is -5.25. The molecule has 0 spiro atoms. The maximum atomic E-state index is 13.5. The van der Waals surface area contributed by atoms with E-state index in [1.807, 2.05) is 0 Å². The van der Waals surface area contributed by atoms with E-state index in [4.69, 9.17) is 9.47 Å². The Balaban J connectivity index is 1.59. The van der Waals surface area contributed by atoms with Crippen LogP contribution in [0.5, 0.6) is 17.2 Å². The number of hydrogen-bond donors (Lipinski definition) is 6. The van der Waals surface area contributed by atoms with Crippen molar-refractivity contribution in [3.05, 3.63) is 51.6 Å². The van der Waals surface area contributed by atoms with Crippen LogP contribution in [0.1, 0.15) is 75.8 Å². The molecule has 2 aromatic carbocycles. The molecule has 15 heteroatoms. The number of phenolic OH excluding ortho intramolecular Hbond substituents is 3. The number of carbonyl (C=O) groups excluding carboxylic acids is 4. The highest BCUT2D eigenvalue weighted by molar-refractivity contribution is 6.31. The highest BCUT2D eigenvalue weighted by Gasteiger charge is 2.50. The predicted molar refractivity (Wildman–Crippen MR) is 135 cm³/mol. The van der Waals surface area contributed by atoms with Crippen LogP contribution < -0.4 is 5.32 Å². The number of rotatable bonds is 4. The highest BCUT2D eigenvalue weighted by atomic mass is 19.4. The van der Waals surface area contributed by atoms with E-state index < -0.39 is 119 Å². The Hall–Kier alpha value is -4.05. The summed E-state index contributed by atoms with van der Waals surface area (Å²) in [5.41, 5.74) is -4.80. The van der Waals surface area contributed by atoms with Crippen LogP contribution >= 0.6 is 0 Å². The zero-order chi connectivity index (χ0) is 31.8. The fraction of sp³-hybridized carbons (Fsp3) is 0.429. The molecule has 0 saturated carbocycles. The maximum Gasteiger partial charge on any atom is 0.471 e. The zero-order valence-corrected chi connectivity index (χ0v) is 22.6. The Labute approximate surface area is 240 Å². The quantitative estimate of drug-likeness (QED) is 0.234. The van der Waals surface area contributed by atoms with E-state index in [-0.39, 0.29) is 16.7 Å². The number of aliphatic hydroxyl groups is 2. The van der Waals surface area contributed by atoms with Gasteiger partial charge in [-0.25, -0.2) is 0 Å². The number of carbonyl (C=O) groups is 4. The van der Waals surface area contributed by atoms with Crippen LogP contribution in [0.3, 0.4) is 0 Å². The fourth-order valence-corrected chi connectivity index (χ4v) is 5.86. The average Bonchev–Trinajstić information content (AvgIpc) is 2.91. The number of amides is 1. The molecule has 1 heterocycles. The third-order valence-corrected chi connectivity index (χ3v) is 8.12. The van der Waals surface area contributed by atoms with Gasteiger partial charge in [-0.2, -0.15) is 13.2 Å². The molecule has 5 rings (SSSR count). The molecule has 2 aromatic rings. The first-order valence-corrected chi connectivity index (χ1v) is 13.1. The molecule has 1 amide bonds. The average molecular weight is 610 g/mol. The molecule has 230 valence electrons. The number of fused-ring (bicyclic) bond motifs is 3. The van der Waals surface area contributed by atoms with Gasteiger partial charge in [-0.1, -0.05) is 12.1 Å². The number of phenols is 3. The number of Topliss-reactive ketones (excluding diaryl/α,β-unsaturated/α-hetero) is 1. The van der Waals surface area contributed by atoms with Gasteiger partial charge in [-0.3, -0.25) is 19.2 Å². The molecule has 2 unspecified atom stereocenters. The van der Waals surface area contributed by atoms with Crippen LogP contribution in [0.15, 0.2) is 18.2 Å². The molecule has 6 N–H and O–H groups in total. The Morgan fingerprint density at radius 2 is 1.72 bits per heavy atom. The van der Waals surface area contributed by atoms with Gasteiger partial charge < -0.3 is 40.3 Å². The number of ketones is 3. The molecule has 0 aromatic heterocycles. The van der Waals surface area contributed by atoms with E-state index in [0.29, 0.717) is 0 Å². The Morgan fingerprint density at radius 3 is 2.35 bits per heavy atom. The second kappa shape index (κ2) is 10.3. The lowest BCUT2D eigenvalue weighted by Gasteiger charge is -2.42. The fourth-order valence-electron chi connectivity index (χ4n) is 5.86. The largest absolute Gasteiger partial charge is 0.507 e. The number of alkyl halides is 3. The summed E-state index contributed by atoms with van der Waals surface area (Å²) in [4.78, 5) is 50.9. The summed E-state index contributed by atoms with van der Waals surface area (Å²) in [7, 11) is 0. The number of nitrogens with one attached hydrogen (secondary N) is 1. The van der Waals surface area contributed by atoms with E-state index in [0.717, 1.165) is 13.0 Å². The van der Waals surface area contributed by atoms with Gasteiger partial charge in [0.15, 0.2) is 17.9 Å². The van der Waals surface area contributed by atoms with Gasteiger partial charge >= 0.3 is 12.1 Å². The molecule has 1 aliphatic heterocycles. The molecule has 1 saturated heterocycles. The molecule has 3 aliphatic rings. The predicted octanol–water partition coefficient (Wildman–Crippen LogP) is 1.45. The normalized spacial score (nSPS) is 28.5. The van der Waals surface area contributed by atoms with Gasteiger partial charge in [-0.05, 0) is 19.9 Å². The van der Waals surface area contributed by atoms with Gasteiger partial charge in [0.1, 0.15) is 29.0 Å². The van der Waals surface area contributed by atoms with Crippen LogP contribution in [0.4, 0.5) is 13.2 Å². The number of hydrogen-bond acceptors (Lipinski definition) is 11. The second-order valence-corrected chi connectivity index (χ2v) is 10.9. The minimum Gasteiger partial charge on any atom is -0.507 e. The summed E-state index contributed by atoms with van der Waals surface area (Å²) in [6.07, 6.45) is -12.8. The molecule has 1 fully saturated rings. The highest BCUT2D eigenvalue weighted by Crippen LogP contribution is 2.52. The Morgan fingerprint density at radius 1 is 1.07 bits per heavy atom. The molecule has 43 heavy (non-hydrogen) atoms. The van der Waals surface area contributed by atoms with Crippen LogP contribution in [0.25, 0.3) is 0 Å². The summed E-state index contributed by atoms with van der Waals surface area (Å²) < 4.78 is 50.1. The first kappa shape index (κ1) is 30.4. The molecule has 0 bridgehead atoms. The molecular formula is C28H26F3NO11. The number of aromatic hydroxyl groups is 3. The molecule has 0 radical (unpaired) electrons. The van der Waals surface area contributed by atoms with E-state index in [1.165, 1.54) is 19.1 Å². The van der Waals surface area contributed by atoms with Gasteiger partial charge in [0, 0.05) is 36.0 Å². The van der Waals surface area contributed by atoms with Crippen molar-refractivity contribution in [1.29, 1.82) is 0 Å². The summed E-state index contributed by atoms with van der Waals surface area (Å²) in [5, 5.41) is 56.2. The van der Waals surface area contributed by atoms with Crippen molar-refractivity contribution >= 4 is 23.3 Å². The van der Waals surface area contributed by atoms with Crippen molar-refractivity contribution in [2.45, 2.75) is 75.5 Å². The summed E-state index contributed by atoms with van der Waals surface area (Å²) in [6.45, 7) is 2.34. The summed E-state index contributed by atoms with van der Waals surface area (Å²) in [5.74, 6) is -7.28. The Kier molecular flexibility index (Phi) is 7.28. The Bertz CT molecular complexity index is 1570. The van der Waals surface area contributed by atoms with Crippen LogP contribution in [-0.2, 0) is 25.5 Å². The van der Waals surface area contributed by atoms with E-state index in [9.17, 15) is 57.9 Å². The second-order valence-electron chi connectivity index (χ2n) is 10.9. The first-order valence-electron chi connectivity index (χ1n) is 13.1. The van der Waals surface area contributed by atoms with Crippen molar-refractivity contribution in [1.82, 2.24) is 5.32 Å². The summed E-state index contributed by atoms with van der Waals surface area (Å²) >= 11 is 0. The molecular weight excluding hydrogens is 583 g/mol. The monoisotopic (exact) mass is 609 g/mol. The van der Waals surface area contributed by atoms with Gasteiger partial charge in [-0.15, -0.1) is 0 Å². The van der Waals surface area contributed by atoms with E-state index in [2.05, 4.69) is 0 Å². The van der Waals surface area contributed by atoms with Crippen molar-refractivity contribution in [2.24, 2.45) is 0 Å². The maximum absolute atomic E-state index is 13.5. The number of ether oxygens (including phenoxy) is 2. The minimum absolute atomic E-state index is 0.257. The number of aliphatic hydroxyl groups excluding tert-OH is 1. The van der Waals surface area contributed by atoms with Gasteiger partial charge in [0.2, 0.25) is 5.78 Å². The van der Waals surface area contributed by atoms with Crippen molar-refractivity contribution < 1.29 is 67.4 Å². The van der Waals surface area contributed by atoms with Crippen molar-refractivity contribution in [3.8, 4) is 17.2 Å². The summed E-state index contributed by atoms with van der Waals surface area (Å²) in [6, 6.07) is 2.16. The smallest absolute Gasteiger partial charge is 0.471 e. The zero-order valence-electron chi connectivity index (χ0n) is 22.6. The SMILES string of the molecule is CC(=O)[C@]1(O)Cc2c(O)c3c(c(O)c2[C@@H](O[C@H]2CC(NC(=O)C(F)(F)F)[C@H](O)C(C)O2)C1)C(=O)c1c(O)cccc1C3=O. The topological polar surface area (TPSA) is 200 Å². The van der Waals surface area contributed by atoms with E-state index in [1.54, 1.807) is 5.32 Å². The molecule has 12 nitrogen and oxygen atoms in total. The lowest BCUT2D eigenvalue weighted by molar-refractivity contribution is -0.250. The van der Waals surface area contributed by atoms with Gasteiger partial charge in [0.05, 0.1) is 34.9 Å². The van der Waals surface area contributed by atoms with Crippen molar-refractivity contribution in [3.63, 3.8) is 0 Å². The number of benzene rings is 2. The standard InChI is InChI=1S/C28H26F3NO11/c1-9-21(35)13(32-26(40)28(29,30)31)6-16(42-9)43-15-8-27(41,10(2)33)7-12-18(15)25(39)20-19(23(12)37)22(36)11-4-3-5-14(34)17(11)24(20)38/h3-5,9,13,15-16,21,34-35,37,39,41H,6-8H2,1-2H3,(H,32,40)/t9?,13?,15-,16-,21+,27-/m0/s1. The molecule has 2 aliphatic carbocycles. The lowest BCUT2D eigenvalue weighted by atomic mass is 9.72. The third kappa shape index (κ3) is 4.91. The first-order chi connectivity index (χ1) is 20.0. The van der Waals surface area contributed by atoms with Crippen LogP contribution in [0.2, 0.25) is 0 Å². The number of halogens is 3. The van der Waals surface area contributed by atoms with E-state index >= 15 is 0 Å². The lowest BCUT2D eigenvalue weighted by Crippen LogP contribution is -2.57. The molecule has 6 atom stereocenters. The van der Waals surface area contributed by atoms with Gasteiger partial charge in [0.25, 0.3) is 0 Å². The van der Waals surface area contributed by atoms with Crippen LogP contribution in [-0.4, -0.2) is 85.1 Å². The van der Waals surface area contributed by atoms with Crippen molar-refractivity contribution in [2.75, 3.05) is 0 Å². The third-order valence-electron chi connectivity index (χ3n) is 8.12.